The standard InChI is InChI=1S/C25H26IO4S.2C25H26IO3S.C24H24IO3S.C23H22IO3S/c1-20(26)25(27)30-19-17-28-16-18-29-21-12-14-24(15-13-21)31(22-8-4-2-5-9-22)23-10-6-3-7-11-23;1-19(18-28-24(27)25(2,3)26)29-20-14-16-23(17-15-20)30(21-10-6-4-7-11-21)22-12-8-5-9-13-22;1-25(2,26)24(27)29-19-9-18-28-20-14-16-23(17-15-20)30(21-10-5-3-6-11-21)22-12-7-4-8-13-22;1-24(2,25)23(26)28-18-17-27-19-13-15-22(16-14-19)29(20-9-5-3-6-10-20)21-11-7-4-8-12-21;1-18(24)23(25)27-17-16-26-19-12-14-22(15-13-19)28(20-8-4-2-5-9-20)21-10-6-3-7-11-21/h2-15,20H,16-19H2,1H3;4-17,19H,18H2,1-3H3;3-8,10-17H,9,18-19H2,1-2H3;3-16H,17-18H2,1-2H3;2-15,18H,16-17H2,1H3/q5*+1. The number of hydrogen-bond acceptors (Lipinski definition) is 16. The molecule has 16 nitrogen and oxygen atoms in total. The summed E-state index contributed by atoms with van der Waals surface area (Å²) in [5.74, 6) is 2.85. The van der Waals surface area contributed by atoms with Crippen LogP contribution in [0.15, 0.2) is 498 Å². The average molecular weight is 2640 g/mol. The maximum absolute atomic E-state index is 11.9. The minimum Gasteiger partial charge on any atom is -0.493 e. The van der Waals surface area contributed by atoms with Gasteiger partial charge in [-0.2, -0.15) is 0 Å². The van der Waals surface area contributed by atoms with E-state index in [9.17, 15) is 24.0 Å². The number of hydrogen-bond donors (Lipinski definition) is 0. The van der Waals surface area contributed by atoms with Gasteiger partial charge in [-0.3, -0.25) is 24.0 Å². The molecule has 0 saturated carbocycles. The Balaban J connectivity index is 0.000000176. The van der Waals surface area contributed by atoms with Gasteiger partial charge in [0.25, 0.3) is 0 Å². The number of carbonyl (C=O) groups excluding carboxylic acids is 5. The Hall–Kier alpha value is -9.99. The molecule has 0 fully saturated rings. The smallest absolute Gasteiger partial charge is 0.321 e. The Bertz CT molecular complexity index is 6170. The molecule has 0 N–H and O–H groups in total. The molecule has 0 aromatic heterocycles. The van der Waals surface area contributed by atoms with Crippen LogP contribution in [0.25, 0.3) is 0 Å². The molecular formula is C122H124I5O16S5+5. The number of esters is 5. The van der Waals surface area contributed by atoms with Gasteiger partial charge in [0.1, 0.15) is 99.2 Å². The first-order valence-electron chi connectivity index (χ1n) is 48.2. The minimum atomic E-state index is -0.538. The number of rotatable bonds is 44. The Morgan fingerprint density at radius 3 is 0.635 bits per heavy atom. The van der Waals surface area contributed by atoms with Gasteiger partial charge in [-0.05, 0) is 305 Å². The number of halogens is 5. The van der Waals surface area contributed by atoms with Crippen LogP contribution in [0, 0.1) is 0 Å². The topological polar surface area (TPSA) is 187 Å². The van der Waals surface area contributed by atoms with Crippen LogP contribution in [0.4, 0.5) is 0 Å². The van der Waals surface area contributed by atoms with Gasteiger partial charge in [-0.15, -0.1) is 0 Å². The van der Waals surface area contributed by atoms with E-state index in [2.05, 4.69) is 371 Å². The molecule has 15 rings (SSSR count). The van der Waals surface area contributed by atoms with Gasteiger partial charge in [-0.1, -0.05) is 295 Å². The van der Waals surface area contributed by atoms with E-state index in [1.54, 1.807) is 13.8 Å². The molecule has 0 aliphatic rings. The number of benzene rings is 15. The Labute approximate surface area is 955 Å². The number of alkyl halides is 5. The highest BCUT2D eigenvalue weighted by atomic mass is 127. The first kappa shape index (κ1) is 118. The molecule has 148 heavy (non-hydrogen) atoms. The summed E-state index contributed by atoms with van der Waals surface area (Å²) < 4.78 is 58.7. The normalized spacial score (nSPS) is 11.8. The molecule has 0 aliphatic carbocycles. The summed E-state index contributed by atoms with van der Waals surface area (Å²) in [6.45, 7) is 20.3. The summed E-state index contributed by atoms with van der Waals surface area (Å²) in [5, 5.41) is 0. The zero-order valence-corrected chi connectivity index (χ0v) is 99.0. The van der Waals surface area contributed by atoms with Crippen LogP contribution in [0.3, 0.4) is 0 Å². The van der Waals surface area contributed by atoms with E-state index in [4.69, 9.17) is 52.1 Å². The fourth-order valence-corrected chi connectivity index (χ4v) is 24.9. The van der Waals surface area contributed by atoms with Crippen molar-refractivity contribution in [2.75, 3.05) is 72.7 Å². The van der Waals surface area contributed by atoms with Crippen molar-refractivity contribution in [3.8, 4) is 28.7 Å². The summed E-state index contributed by atoms with van der Waals surface area (Å²) in [7, 11) is -0.844. The lowest BCUT2D eigenvalue weighted by Crippen LogP contribution is -2.30. The third-order valence-electron chi connectivity index (χ3n) is 20.9. The molecule has 0 amide bonds. The van der Waals surface area contributed by atoms with E-state index in [-0.39, 0.29) is 125 Å². The van der Waals surface area contributed by atoms with E-state index in [1.807, 2.05) is 215 Å². The van der Waals surface area contributed by atoms with Crippen molar-refractivity contribution < 1.29 is 76.1 Å². The molecule has 0 saturated heterocycles. The molecule has 0 spiro atoms. The number of carbonyl (C=O) groups is 5. The predicted molar refractivity (Wildman–Crippen MR) is 641 cm³/mol. The fourth-order valence-electron chi connectivity index (χ4n) is 13.7. The highest BCUT2D eigenvalue weighted by Crippen LogP contribution is 2.39. The van der Waals surface area contributed by atoms with Crippen molar-refractivity contribution in [2.24, 2.45) is 0 Å². The van der Waals surface area contributed by atoms with Crippen molar-refractivity contribution in [3.63, 3.8) is 0 Å². The molecule has 0 radical (unpaired) electrons. The van der Waals surface area contributed by atoms with Gasteiger partial charge in [0.2, 0.25) is 0 Å². The van der Waals surface area contributed by atoms with E-state index >= 15 is 0 Å². The Kier molecular flexibility index (Phi) is 50.6. The second-order valence-electron chi connectivity index (χ2n) is 34.2. The maximum atomic E-state index is 11.9. The van der Waals surface area contributed by atoms with Gasteiger partial charge in [0, 0.05) is 6.42 Å². The van der Waals surface area contributed by atoms with Gasteiger partial charge in [0.15, 0.2) is 73.4 Å². The van der Waals surface area contributed by atoms with Crippen LogP contribution in [0.1, 0.15) is 68.7 Å². The summed E-state index contributed by atoms with van der Waals surface area (Å²) >= 11 is 10.3. The summed E-state index contributed by atoms with van der Waals surface area (Å²) in [5.41, 5.74) is 0. The van der Waals surface area contributed by atoms with Crippen LogP contribution in [-0.4, -0.2) is 127 Å². The van der Waals surface area contributed by atoms with Crippen LogP contribution in [0.5, 0.6) is 28.7 Å². The van der Waals surface area contributed by atoms with E-state index in [1.165, 1.54) is 73.4 Å². The molecule has 15 aromatic rings. The predicted octanol–water partition coefficient (Wildman–Crippen LogP) is 29.6. The zero-order valence-electron chi connectivity index (χ0n) is 84.1. The van der Waals surface area contributed by atoms with Crippen molar-refractivity contribution in [2.45, 2.75) is 166 Å². The van der Waals surface area contributed by atoms with Gasteiger partial charge < -0.3 is 52.1 Å². The Morgan fingerprint density at radius 1 is 0.223 bits per heavy atom. The SMILES string of the molecule is CC(C)(I)C(=O)OCCCOc1ccc([S+](c2ccccc2)c2ccccc2)cc1.CC(C)(I)C(=O)OCCOc1ccc([S+](c2ccccc2)c2ccccc2)cc1.CC(COC(=O)C(C)(C)I)Oc1ccc([S+](c2ccccc2)c2ccccc2)cc1.CC(I)C(=O)OCCOCCOc1ccc([S+](c2ccccc2)c2ccccc2)cc1.CC(I)C(=O)OCCOc1ccc([S+](c2ccccc2)c2ccccc2)cc1. The van der Waals surface area contributed by atoms with Crippen molar-refractivity contribution >= 4 is 197 Å². The first-order chi connectivity index (χ1) is 71.5. The third kappa shape index (κ3) is 40.6. The molecule has 3 unspecified atom stereocenters. The molecule has 768 valence electrons. The van der Waals surface area contributed by atoms with E-state index < -0.39 is 10.3 Å². The number of ether oxygens (including phenoxy) is 11. The highest BCUT2D eigenvalue weighted by Gasteiger charge is 2.36. The molecule has 0 aliphatic heterocycles. The summed E-state index contributed by atoms with van der Waals surface area (Å²) in [4.78, 5) is 77.3. The molecule has 0 bridgehead atoms. The quantitative estimate of drug-likeness (QED) is 0.00875. The van der Waals surface area contributed by atoms with E-state index in [0.717, 1.165) is 28.7 Å². The van der Waals surface area contributed by atoms with Crippen LogP contribution < -0.4 is 23.7 Å². The van der Waals surface area contributed by atoms with Crippen LogP contribution in [-0.2, 0) is 107 Å². The van der Waals surface area contributed by atoms with Gasteiger partial charge in [-0.25, -0.2) is 0 Å². The molecular weight excluding hydrogens is 2520 g/mol. The lowest BCUT2D eigenvalue weighted by Gasteiger charge is -2.19. The van der Waals surface area contributed by atoms with E-state index in [0.29, 0.717) is 52.7 Å². The fraction of sp³-hybridized carbons (Fsp3) is 0.221. The molecule has 26 heteroatoms. The minimum absolute atomic E-state index is 0.145. The maximum Gasteiger partial charge on any atom is 0.321 e. The van der Waals surface area contributed by atoms with Crippen molar-refractivity contribution in [1.29, 1.82) is 0 Å². The first-order valence-corrected chi connectivity index (χ1v) is 60.1. The largest absolute Gasteiger partial charge is 0.493 e. The van der Waals surface area contributed by atoms with Crippen molar-refractivity contribution in [3.05, 3.63) is 425 Å². The average Bonchev–Trinajstić information content (AvgIpc) is 0.828. The van der Waals surface area contributed by atoms with Gasteiger partial charge in [0.05, 0.1) is 80.9 Å². The van der Waals surface area contributed by atoms with Crippen molar-refractivity contribution in [1.82, 2.24) is 0 Å². The second kappa shape index (κ2) is 63.4. The molecule has 3 atom stereocenters. The molecule has 0 heterocycles. The van der Waals surface area contributed by atoms with Gasteiger partial charge >= 0.3 is 29.8 Å². The lowest BCUT2D eigenvalue weighted by molar-refractivity contribution is -0.147. The monoisotopic (exact) mass is 2640 g/mol. The Morgan fingerprint density at radius 2 is 0.405 bits per heavy atom. The lowest BCUT2D eigenvalue weighted by atomic mass is 10.2. The van der Waals surface area contributed by atoms with Crippen LogP contribution >= 0.6 is 113 Å². The third-order valence-corrected chi connectivity index (χ3v) is 34.4. The second-order valence-corrected chi connectivity index (χ2v) is 56.1. The summed E-state index contributed by atoms with van der Waals surface area (Å²) in [6, 6.07) is 147. The molecule has 15 aromatic carbocycles. The highest BCUT2D eigenvalue weighted by molar-refractivity contribution is 14.1. The summed E-state index contributed by atoms with van der Waals surface area (Å²) in [6.07, 6.45) is 0.443. The van der Waals surface area contributed by atoms with Crippen LogP contribution in [0.2, 0.25) is 0 Å². The zero-order chi connectivity index (χ0) is 105.